The van der Waals surface area contributed by atoms with Gasteiger partial charge in [-0.05, 0) is 48.5 Å². The summed E-state index contributed by atoms with van der Waals surface area (Å²) in [5, 5.41) is 8.65. The maximum atomic E-state index is 6.53. The topological polar surface area (TPSA) is 43.3 Å². The lowest BCUT2D eigenvalue weighted by Gasteiger charge is -2.38. The van der Waals surface area contributed by atoms with Gasteiger partial charge in [-0.25, -0.2) is 5.01 Å². The highest BCUT2D eigenvalue weighted by molar-refractivity contribution is 6.35. The van der Waals surface area contributed by atoms with E-state index in [1.165, 1.54) is 0 Å². The zero-order valence-electron chi connectivity index (χ0n) is 16.0. The summed E-state index contributed by atoms with van der Waals surface area (Å²) in [5.74, 6) is 2.23. The lowest BCUT2D eigenvalue weighted by atomic mass is 9.95. The van der Waals surface area contributed by atoms with Gasteiger partial charge < -0.3 is 14.2 Å². The average molecular weight is 474 g/mol. The van der Waals surface area contributed by atoms with E-state index in [0.29, 0.717) is 21.5 Å². The van der Waals surface area contributed by atoms with Gasteiger partial charge in [-0.15, -0.1) is 0 Å². The molecule has 3 aromatic carbocycles. The van der Waals surface area contributed by atoms with Crippen LogP contribution >= 0.6 is 34.8 Å². The van der Waals surface area contributed by atoms with Crippen molar-refractivity contribution >= 4 is 40.5 Å². The molecular formula is C23H15Cl3N2O3. The molecule has 6 rings (SSSR count). The first-order valence-electron chi connectivity index (χ1n) is 9.74. The van der Waals surface area contributed by atoms with Gasteiger partial charge in [0.1, 0.15) is 5.75 Å². The molecule has 0 saturated heterocycles. The van der Waals surface area contributed by atoms with Crippen molar-refractivity contribution in [1.82, 2.24) is 5.01 Å². The molecule has 0 spiro atoms. The number of hydrazone groups is 1. The van der Waals surface area contributed by atoms with Crippen LogP contribution in [-0.4, -0.2) is 17.5 Å². The fourth-order valence-electron chi connectivity index (χ4n) is 4.22. The Balaban J connectivity index is 1.45. The molecule has 3 aromatic rings. The molecule has 8 heteroatoms. The Morgan fingerprint density at radius 2 is 1.58 bits per heavy atom. The van der Waals surface area contributed by atoms with Gasteiger partial charge in [0, 0.05) is 33.2 Å². The Kier molecular flexibility index (Phi) is 4.46. The molecule has 3 aliphatic rings. The fourth-order valence-corrected chi connectivity index (χ4v) is 4.90. The fraction of sp³-hybridized carbons (Fsp3) is 0.174. The van der Waals surface area contributed by atoms with Crippen molar-refractivity contribution < 1.29 is 14.2 Å². The van der Waals surface area contributed by atoms with Gasteiger partial charge in [0.05, 0.1) is 16.8 Å². The van der Waals surface area contributed by atoms with Crippen LogP contribution < -0.4 is 14.2 Å². The van der Waals surface area contributed by atoms with Gasteiger partial charge in [0.2, 0.25) is 13.0 Å². The standard InChI is InChI=1S/C23H15Cl3N2O3/c24-13-3-6-20-16(8-13)19-10-18(12-1-5-21-22(7-12)30-11-29-21)27-28(19)23(31-20)15-4-2-14(25)9-17(15)26/h1-9,19,23H,10-11H2. The number of hydrogen-bond acceptors (Lipinski definition) is 5. The molecule has 3 heterocycles. The molecule has 0 radical (unpaired) electrons. The number of halogens is 3. The zero-order valence-corrected chi connectivity index (χ0v) is 18.3. The van der Waals surface area contributed by atoms with Crippen LogP contribution in [0.2, 0.25) is 15.1 Å². The molecule has 0 aromatic heterocycles. The Bertz CT molecular complexity index is 1250. The van der Waals surface area contributed by atoms with Crippen molar-refractivity contribution in [3.63, 3.8) is 0 Å². The number of ether oxygens (including phenoxy) is 3. The minimum atomic E-state index is -0.491. The molecule has 0 amide bonds. The number of rotatable bonds is 2. The predicted octanol–water partition coefficient (Wildman–Crippen LogP) is 6.62. The summed E-state index contributed by atoms with van der Waals surface area (Å²) >= 11 is 18.9. The second-order valence-electron chi connectivity index (χ2n) is 7.53. The second kappa shape index (κ2) is 7.23. The second-order valence-corrected chi connectivity index (χ2v) is 8.81. The molecular weight excluding hydrogens is 459 g/mol. The molecule has 0 fully saturated rings. The van der Waals surface area contributed by atoms with E-state index in [9.17, 15) is 0 Å². The third-order valence-electron chi connectivity index (χ3n) is 5.69. The highest BCUT2D eigenvalue weighted by atomic mass is 35.5. The van der Waals surface area contributed by atoms with Crippen LogP contribution in [0.15, 0.2) is 59.7 Å². The lowest BCUT2D eigenvalue weighted by Crippen LogP contribution is -2.33. The zero-order chi connectivity index (χ0) is 21.1. The first kappa shape index (κ1) is 19.1. The summed E-state index contributed by atoms with van der Waals surface area (Å²) in [5.41, 5.74) is 3.69. The summed E-state index contributed by atoms with van der Waals surface area (Å²) in [6, 6.07) is 16.9. The third-order valence-corrected chi connectivity index (χ3v) is 6.48. The largest absolute Gasteiger partial charge is 0.464 e. The van der Waals surface area contributed by atoms with Crippen LogP contribution in [-0.2, 0) is 0 Å². The van der Waals surface area contributed by atoms with Gasteiger partial charge >= 0.3 is 0 Å². The number of hydrogen-bond donors (Lipinski definition) is 0. The Hall–Kier alpha value is -2.60. The monoisotopic (exact) mass is 472 g/mol. The Morgan fingerprint density at radius 1 is 0.806 bits per heavy atom. The third kappa shape index (κ3) is 3.19. The van der Waals surface area contributed by atoms with Crippen molar-refractivity contribution in [1.29, 1.82) is 0 Å². The van der Waals surface area contributed by atoms with Crippen molar-refractivity contribution in [2.45, 2.75) is 18.7 Å². The summed E-state index contributed by atoms with van der Waals surface area (Å²) < 4.78 is 17.3. The SMILES string of the molecule is Clc1ccc(C2Oc3ccc(Cl)cc3C3CC(c4ccc5c(c4)OCO5)=NN32)c(Cl)c1. The molecule has 0 aliphatic carbocycles. The van der Waals surface area contributed by atoms with E-state index in [4.69, 9.17) is 54.1 Å². The van der Waals surface area contributed by atoms with Crippen molar-refractivity contribution in [3.8, 4) is 17.2 Å². The number of nitrogens with zero attached hydrogens (tertiary/aromatic N) is 2. The molecule has 156 valence electrons. The van der Waals surface area contributed by atoms with Crippen molar-refractivity contribution in [2.24, 2.45) is 5.10 Å². The number of fused-ring (bicyclic) bond motifs is 4. The molecule has 5 nitrogen and oxygen atoms in total. The summed E-state index contributed by atoms with van der Waals surface area (Å²) in [6.45, 7) is 0.233. The predicted molar refractivity (Wildman–Crippen MR) is 120 cm³/mol. The molecule has 0 saturated carbocycles. The van der Waals surface area contributed by atoms with E-state index in [-0.39, 0.29) is 12.8 Å². The molecule has 2 unspecified atom stereocenters. The molecule has 0 bridgehead atoms. The van der Waals surface area contributed by atoms with Crippen LogP contribution in [0, 0.1) is 0 Å². The lowest BCUT2D eigenvalue weighted by molar-refractivity contribution is -0.0189. The smallest absolute Gasteiger partial charge is 0.231 e. The summed E-state index contributed by atoms with van der Waals surface area (Å²) in [6.07, 6.45) is 0.202. The van der Waals surface area contributed by atoms with Crippen LogP contribution in [0.1, 0.15) is 35.4 Å². The van der Waals surface area contributed by atoms with Crippen molar-refractivity contribution in [2.75, 3.05) is 6.79 Å². The first-order chi connectivity index (χ1) is 15.1. The maximum absolute atomic E-state index is 6.53. The highest BCUT2D eigenvalue weighted by Gasteiger charge is 2.42. The Morgan fingerprint density at radius 3 is 2.45 bits per heavy atom. The van der Waals surface area contributed by atoms with Gasteiger partial charge in [0.25, 0.3) is 0 Å². The molecule has 3 aliphatic heterocycles. The average Bonchev–Trinajstić information content (AvgIpc) is 3.40. The van der Waals surface area contributed by atoms with Gasteiger partial charge in [-0.2, -0.15) is 5.10 Å². The summed E-state index contributed by atoms with van der Waals surface area (Å²) in [7, 11) is 0. The summed E-state index contributed by atoms with van der Waals surface area (Å²) in [4.78, 5) is 0. The van der Waals surface area contributed by atoms with E-state index in [2.05, 4.69) is 0 Å². The van der Waals surface area contributed by atoms with Gasteiger partial charge in [-0.1, -0.05) is 40.9 Å². The highest BCUT2D eigenvalue weighted by Crippen LogP contribution is 2.49. The minimum Gasteiger partial charge on any atom is -0.464 e. The normalized spacial score (nSPS) is 20.7. The van der Waals surface area contributed by atoms with E-state index in [1.54, 1.807) is 12.1 Å². The van der Waals surface area contributed by atoms with E-state index >= 15 is 0 Å². The van der Waals surface area contributed by atoms with Crippen LogP contribution in [0.25, 0.3) is 0 Å². The maximum Gasteiger partial charge on any atom is 0.231 e. The Labute approximate surface area is 193 Å². The van der Waals surface area contributed by atoms with Gasteiger partial charge in [0.15, 0.2) is 11.5 Å². The molecule has 31 heavy (non-hydrogen) atoms. The van der Waals surface area contributed by atoms with Crippen LogP contribution in [0.3, 0.4) is 0 Å². The van der Waals surface area contributed by atoms with Gasteiger partial charge in [-0.3, -0.25) is 0 Å². The quantitative estimate of drug-likeness (QED) is 0.420. The van der Waals surface area contributed by atoms with Crippen LogP contribution in [0.5, 0.6) is 17.2 Å². The molecule has 2 atom stereocenters. The minimum absolute atomic E-state index is 0.0420. The van der Waals surface area contributed by atoms with E-state index < -0.39 is 6.23 Å². The van der Waals surface area contributed by atoms with Crippen molar-refractivity contribution in [3.05, 3.63) is 86.4 Å². The van der Waals surface area contributed by atoms with E-state index in [1.807, 2.05) is 47.5 Å². The number of benzene rings is 3. The van der Waals surface area contributed by atoms with Crippen LogP contribution in [0.4, 0.5) is 0 Å². The van der Waals surface area contributed by atoms with E-state index in [0.717, 1.165) is 39.7 Å². The molecule has 0 N–H and O–H groups in total. The first-order valence-corrected chi connectivity index (χ1v) is 10.9.